The topological polar surface area (TPSA) is 63.8 Å². The lowest BCUT2D eigenvalue weighted by Gasteiger charge is -2.01. The summed E-state index contributed by atoms with van der Waals surface area (Å²) in [7, 11) is 0. The third-order valence-corrected chi connectivity index (χ3v) is 2.99. The molecule has 16 heavy (non-hydrogen) atoms. The number of aromatic nitrogens is 2. The molecule has 3 N–H and O–H groups in total. The number of nitrogens with zero attached hydrogens (tertiary/aromatic N) is 2. The van der Waals surface area contributed by atoms with Crippen LogP contribution in [0.3, 0.4) is 0 Å². The molecule has 0 saturated heterocycles. The van der Waals surface area contributed by atoms with Gasteiger partial charge in [0.25, 0.3) is 0 Å². The van der Waals surface area contributed by atoms with E-state index < -0.39 is 0 Å². The Kier molecular flexibility index (Phi) is 3.48. The van der Waals surface area contributed by atoms with E-state index in [4.69, 9.17) is 5.73 Å². The molecule has 0 aliphatic rings. The number of hydrogen-bond donors (Lipinski definition) is 2. The maximum Gasteiger partial charge on any atom is 0.210 e. The van der Waals surface area contributed by atoms with Crippen molar-refractivity contribution in [3.63, 3.8) is 0 Å². The van der Waals surface area contributed by atoms with Crippen LogP contribution in [0.5, 0.6) is 0 Å². The molecular weight excluding hydrogens is 220 g/mol. The van der Waals surface area contributed by atoms with Gasteiger partial charge in [0, 0.05) is 12.1 Å². The average molecular weight is 234 g/mol. The highest BCUT2D eigenvalue weighted by atomic mass is 32.1. The fourth-order valence-corrected chi connectivity index (χ4v) is 2.15. The Morgan fingerprint density at radius 1 is 1.38 bits per heavy atom. The number of nitrogens with one attached hydrogen (secondary N) is 1. The first-order valence-electron chi connectivity index (χ1n) is 5.14. The van der Waals surface area contributed by atoms with Gasteiger partial charge in [-0.3, -0.25) is 0 Å². The molecule has 0 aliphatic carbocycles. The van der Waals surface area contributed by atoms with Gasteiger partial charge in [-0.25, -0.2) is 0 Å². The molecule has 1 heterocycles. The predicted octanol–water partition coefficient (Wildman–Crippen LogP) is 2.09. The number of nitrogens with two attached hydrogens (primary N) is 1. The number of hydrogen-bond acceptors (Lipinski definition) is 5. The van der Waals surface area contributed by atoms with Gasteiger partial charge in [0.1, 0.15) is 5.01 Å². The summed E-state index contributed by atoms with van der Waals surface area (Å²) >= 11 is 1.54. The van der Waals surface area contributed by atoms with Crippen LogP contribution < -0.4 is 11.1 Å². The zero-order chi connectivity index (χ0) is 11.4. The van der Waals surface area contributed by atoms with E-state index in [-0.39, 0.29) is 0 Å². The summed E-state index contributed by atoms with van der Waals surface area (Å²) in [6.45, 7) is 2.67. The largest absolute Gasteiger partial charge is 0.330 e. The second kappa shape index (κ2) is 5.05. The Hall–Kier alpha value is -1.46. The van der Waals surface area contributed by atoms with Crippen molar-refractivity contribution in [2.24, 2.45) is 5.73 Å². The van der Waals surface area contributed by atoms with E-state index >= 15 is 0 Å². The van der Waals surface area contributed by atoms with Crippen molar-refractivity contribution in [1.82, 2.24) is 10.2 Å². The van der Waals surface area contributed by atoms with Crippen LogP contribution in [0.25, 0.3) is 0 Å². The Morgan fingerprint density at radius 3 is 3.00 bits per heavy atom. The molecular formula is C11H14N4S. The minimum atomic E-state index is 0.610. The van der Waals surface area contributed by atoms with Crippen LogP contribution in [0.15, 0.2) is 24.3 Å². The lowest BCUT2D eigenvalue weighted by atomic mass is 10.2. The molecule has 0 saturated carbocycles. The van der Waals surface area contributed by atoms with E-state index in [2.05, 4.69) is 34.6 Å². The highest BCUT2D eigenvalue weighted by molar-refractivity contribution is 7.15. The molecule has 0 amide bonds. The van der Waals surface area contributed by atoms with Crippen molar-refractivity contribution in [3.8, 4) is 0 Å². The van der Waals surface area contributed by atoms with Crippen LogP contribution in [0.4, 0.5) is 10.8 Å². The monoisotopic (exact) mass is 234 g/mol. The molecule has 0 unspecified atom stereocenters. The molecule has 0 fully saturated rings. The molecule has 1 aromatic carbocycles. The summed E-state index contributed by atoms with van der Waals surface area (Å²) in [5.41, 5.74) is 7.72. The molecule has 4 nitrogen and oxygen atoms in total. The molecule has 0 atom stereocenters. The fourth-order valence-electron chi connectivity index (χ4n) is 1.37. The Labute approximate surface area is 98.5 Å². The van der Waals surface area contributed by atoms with Gasteiger partial charge in [0.15, 0.2) is 0 Å². The first kappa shape index (κ1) is 11.0. The molecule has 0 spiro atoms. The van der Waals surface area contributed by atoms with Crippen molar-refractivity contribution in [2.75, 3.05) is 11.9 Å². The van der Waals surface area contributed by atoms with E-state index in [1.807, 2.05) is 12.1 Å². The first-order chi connectivity index (χ1) is 7.78. The van der Waals surface area contributed by atoms with Gasteiger partial charge in [0.2, 0.25) is 5.13 Å². The third-order valence-electron chi connectivity index (χ3n) is 2.09. The van der Waals surface area contributed by atoms with E-state index in [0.29, 0.717) is 6.54 Å². The zero-order valence-electron chi connectivity index (χ0n) is 9.10. The Morgan fingerprint density at radius 2 is 2.25 bits per heavy atom. The minimum Gasteiger partial charge on any atom is -0.330 e. The number of benzene rings is 1. The van der Waals surface area contributed by atoms with Crippen LogP contribution in [-0.4, -0.2) is 16.7 Å². The van der Waals surface area contributed by atoms with E-state index in [0.717, 1.165) is 22.2 Å². The SMILES string of the molecule is Cc1cccc(Nc2nnc(CCN)s2)c1. The lowest BCUT2D eigenvalue weighted by molar-refractivity contribution is 0.913. The summed E-state index contributed by atoms with van der Waals surface area (Å²) in [5.74, 6) is 0. The van der Waals surface area contributed by atoms with Gasteiger partial charge in [0.05, 0.1) is 0 Å². The van der Waals surface area contributed by atoms with E-state index in [1.165, 1.54) is 5.56 Å². The van der Waals surface area contributed by atoms with Gasteiger partial charge in [-0.05, 0) is 31.2 Å². The zero-order valence-corrected chi connectivity index (χ0v) is 9.92. The second-order valence-electron chi connectivity index (χ2n) is 3.53. The quantitative estimate of drug-likeness (QED) is 0.850. The predicted molar refractivity (Wildman–Crippen MR) is 67.1 cm³/mol. The maximum atomic E-state index is 5.46. The molecule has 2 rings (SSSR count). The number of aryl methyl sites for hydroxylation is 1. The lowest BCUT2D eigenvalue weighted by Crippen LogP contribution is -2.01. The van der Waals surface area contributed by atoms with Crippen LogP contribution >= 0.6 is 11.3 Å². The standard InChI is InChI=1S/C11H14N4S/c1-8-3-2-4-9(7-8)13-11-15-14-10(16-11)5-6-12/h2-4,7H,5-6,12H2,1H3,(H,13,15). The Bertz CT molecular complexity index is 467. The van der Waals surface area contributed by atoms with E-state index in [9.17, 15) is 0 Å². The van der Waals surface area contributed by atoms with Crippen molar-refractivity contribution < 1.29 is 0 Å². The summed E-state index contributed by atoms with van der Waals surface area (Å²) in [5, 5.41) is 13.1. The fraction of sp³-hybridized carbons (Fsp3) is 0.273. The molecule has 0 aliphatic heterocycles. The highest BCUT2D eigenvalue weighted by Crippen LogP contribution is 2.21. The van der Waals surface area contributed by atoms with Crippen molar-refractivity contribution in [1.29, 1.82) is 0 Å². The van der Waals surface area contributed by atoms with Crippen LogP contribution in [0.1, 0.15) is 10.6 Å². The summed E-state index contributed by atoms with van der Waals surface area (Å²) < 4.78 is 0. The first-order valence-corrected chi connectivity index (χ1v) is 5.96. The molecule has 0 radical (unpaired) electrons. The van der Waals surface area contributed by atoms with Crippen LogP contribution in [0, 0.1) is 6.92 Å². The summed E-state index contributed by atoms with van der Waals surface area (Å²) in [6.07, 6.45) is 0.785. The third kappa shape index (κ3) is 2.77. The highest BCUT2D eigenvalue weighted by Gasteiger charge is 2.03. The Balaban J connectivity index is 2.08. The van der Waals surface area contributed by atoms with Gasteiger partial charge < -0.3 is 11.1 Å². The van der Waals surface area contributed by atoms with Gasteiger partial charge >= 0.3 is 0 Å². The summed E-state index contributed by atoms with van der Waals surface area (Å²) in [6, 6.07) is 8.16. The van der Waals surface area contributed by atoms with Crippen LogP contribution in [-0.2, 0) is 6.42 Å². The number of rotatable bonds is 4. The molecule has 0 bridgehead atoms. The smallest absolute Gasteiger partial charge is 0.210 e. The van der Waals surface area contributed by atoms with Crippen molar-refractivity contribution in [2.45, 2.75) is 13.3 Å². The van der Waals surface area contributed by atoms with Crippen molar-refractivity contribution >= 4 is 22.2 Å². The number of anilines is 2. The molecule has 84 valence electrons. The van der Waals surface area contributed by atoms with Gasteiger partial charge in [-0.15, -0.1) is 10.2 Å². The van der Waals surface area contributed by atoms with Crippen molar-refractivity contribution in [3.05, 3.63) is 34.8 Å². The molecule has 2 aromatic rings. The van der Waals surface area contributed by atoms with Gasteiger partial charge in [-0.2, -0.15) is 0 Å². The van der Waals surface area contributed by atoms with Gasteiger partial charge in [-0.1, -0.05) is 23.5 Å². The second-order valence-corrected chi connectivity index (χ2v) is 4.60. The normalized spacial score (nSPS) is 10.4. The average Bonchev–Trinajstić information content (AvgIpc) is 2.66. The van der Waals surface area contributed by atoms with E-state index in [1.54, 1.807) is 11.3 Å². The van der Waals surface area contributed by atoms with Crippen LogP contribution in [0.2, 0.25) is 0 Å². The minimum absolute atomic E-state index is 0.610. The summed E-state index contributed by atoms with van der Waals surface area (Å²) in [4.78, 5) is 0. The maximum absolute atomic E-state index is 5.46. The molecule has 1 aromatic heterocycles. The molecule has 5 heteroatoms.